The van der Waals surface area contributed by atoms with Gasteiger partial charge in [-0.2, -0.15) is 5.10 Å². The summed E-state index contributed by atoms with van der Waals surface area (Å²) in [5.74, 6) is -0.248. The van der Waals surface area contributed by atoms with Gasteiger partial charge in [0.1, 0.15) is 12.4 Å². The molecular weight excluding hydrogens is 505 g/mol. The minimum Gasteiger partial charge on any atom is -0.494 e. The zero-order valence-corrected chi connectivity index (χ0v) is 21.2. The van der Waals surface area contributed by atoms with Crippen LogP contribution in [0.4, 0.5) is 5.69 Å². The SMILES string of the molecule is CCCOc1ccc(NC(=O)C(=O)N/N=C\c2cccc(OC)c2OCc2ccc(Cl)c(Cl)c2)cc1. The molecule has 3 aromatic rings. The smallest absolute Gasteiger partial charge is 0.329 e. The lowest BCUT2D eigenvalue weighted by Gasteiger charge is -2.13. The molecule has 8 nitrogen and oxygen atoms in total. The number of nitrogens with zero attached hydrogens (tertiary/aromatic N) is 1. The maximum absolute atomic E-state index is 12.2. The van der Waals surface area contributed by atoms with Gasteiger partial charge in [0.2, 0.25) is 0 Å². The topological polar surface area (TPSA) is 98.2 Å². The van der Waals surface area contributed by atoms with Crippen LogP contribution in [0.5, 0.6) is 17.2 Å². The average molecular weight is 530 g/mol. The van der Waals surface area contributed by atoms with Crippen LogP contribution in [0.1, 0.15) is 24.5 Å². The Bertz CT molecular complexity index is 1230. The predicted molar refractivity (Wildman–Crippen MR) is 140 cm³/mol. The summed E-state index contributed by atoms with van der Waals surface area (Å²) in [6.45, 7) is 2.80. The zero-order valence-electron chi connectivity index (χ0n) is 19.7. The number of hydrogen-bond acceptors (Lipinski definition) is 6. The van der Waals surface area contributed by atoms with Gasteiger partial charge in [-0.25, -0.2) is 5.43 Å². The van der Waals surface area contributed by atoms with Crippen molar-refractivity contribution in [2.75, 3.05) is 19.0 Å². The van der Waals surface area contributed by atoms with Crippen LogP contribution < -0.4 is 25.0 Å². The number of hydrogen-bond donors (Lipinski definition) is 2. The fourth-order valence-corrected chi connectivity index (χ4v) is 3.31. The second-order valence-electron chi connectivity index (χ2n) is 7.44. The van der Waals surface area contributed by atoms with Gasteiger partial charge in [-0.05, 0) is 60.5 Å². The molecule has 3 aromatic carbocycles. The van der Waals surface area contributed by atoms with E-state index in [0.29, 0.717) is 45.2 Å². The first-order valence-corrected chi connectivity index (χ1v) is 11.8. The summed E-state index contributed by atoms with van der Waals surface area (Å²) in [6, 6.07) is 17.1. The van der Waals surface area contributed by atoms with Crippen molar-refractivity contribution in [3.05, 3.63) is 81.8 Å². The van der Waals surface area contributed by atoms with Crippen molar-refractivity contribution < 1.29 is 23.8 Å². The second kappa shape index (κ2) is 13.4. The highest BCUT2D eigenvalue weighted by Gasteiger charge is 2.14. The second-order valence-corrected chi connectivity index (χ2v) is 8.26. The van der Waals surface area contributed by atoms with Crippen molar-refractivity contribution in [2.45, 2.75) is 20.0 Å². The van der Waals surface area contributed by atoms with Crippen molar-refractivity contribution in [2.24, 2.45) is 5.10 Å². The zero-order chi connectivity index (χ0) is 25.9. The Balaban J connectivity index is 1.61. The third kappa shape index (κ3) is 7.63. The first-order valence-electron chi connectivity index (χ1n) is 11.0. The van der Waals surface area contributed by atoms with Crippen molar-refractivity contribution >= 4 is 46.9 Å². The Labute approximate surface area is 219 Å². The van der Waals surface area contributed by atoms with E-state index in [0.717, 1.165) is 12.0 Å². The molecule has 3 rings (SSSR count). The molecule has 0 bridgehead atoms. The van der Waals surface area contributed by atoms with Crippen molar-refractivity contribution in [3.8, 4) is 17.2 Å². The lowest BCUT2D eigenvalue weighted by molar-refractivity contribution is -0.136. The van der Waals surface area contributed by atoms with Crippen molar-refractivity contribution in [1.29, 1.82) is 0 Å². The number of carbonyl (C=O) groups excluding carboxylic acids is 2. The van der Waals surface area contributed by atoms with Crippen LogP contribution in [0.3, 0.4) is 0 Å². The van der Waals surface area contributed by atoms with Gasteiger partial charge in [0.15, 0.2) is 11.5 Å². The molecule has 0 aliphatic rings. The number of amides is 2. The van der Waals surface area contributed by atoms with Gasteiger partial charge < -0.3 is 19.5 Å². The van der Waals surface area contributed by atoms with Crippen molar-refractivity contribution in [1.82, 2.24) is 5.43 Å². The first kappa shape index (κ1) is 26.8. The molecule has 188 valence electrons. The molecule has 0 radical (unpaired) electrons. The number of rotatable bonds is 10. The van der Waals surface area contributed by atoms with Crippen LogP contribution in [-0.2, 0) is 16.2 Å². The molecule has 0 atom stereocenters. The number of halogens is 2. The summed E-state index contributed by atoms with van der Waals surface area (Å²) in [7, 11) is 1.51. The number of carbonyl (C=O) groups is 2. The molecule has 0 spiro atoms. The van der Waals surface area contributed by atoms with Gasteiger partial charge in [0, 0.05) is 11.3 Å². The van der Waals surface area contributed by atoms with E-state index in [1.54, 1.807) is 60.7 Å². The molecule has 0 aliphatic carbocycles. The molecule has 36 heavy (non-hydrogen) atoms. The molecule has 2 N–H and O–H groups in total. The van der Waals surface area contributed by atoms with Gasteiger partial charge in [0.25, 0.3) is 0 Å². The maximum atomic E-state index is 12.2. The number of benzene rings is 3. The first-order chi connectivity index (χ1) is 17.4. The number of methoxy groups -OCH3 is 1. The van der Waals surface area contributed by atoms with Gasteiger partial charge in [-0.3, -0.25) is 9.59 Å². The molecule has 0 unspecified atom stereocenters. The molecule has 0 fully saturated rings. The molecule has 0 saturated carbocycles. The highest BCUT2D eigenvalue weighted by Crippen LogP contribution is 2.31. The number of anilines is 1. The number of para-hydroxylation sites is 1. The van der Waals surface area contributed by atoms with E-state index in [2.05, 4.69) is 15.8 Å². The van der Waals surface area contributed by atoms with Gasteiger partial charge in [-0.1, -0.05) is 42.3 Å². The summed E-state index contributed by atoms with van der Waals surface area (Å²) in [4.78, 5) is 24.4. The van der Waals surface area contributed by atoms with E-state index in [9.17, 15) is 9.59 Å². The molecule has 0 aliphatic heterocycles. The minimum absolute atomic E-state index is 0.190. The van der Waals surface area contributed by atoms with E-state index in [1.807, 2.05) is 6.92 Å². The van der Waals surface area contributed by atoms with Crippen LogP contribution in [0.2, 0.25) is 10.0 Å². The van der Waals surface area contributed by atoms with Crippen LogP contribution in [-0.4, -0.2) is 31.7 Å². The molecule has 0 aromatic heterocycles. The van der Waals surface area contributed by atoms with Gasteiger partial charge in [0.05, 0.1) is 30.0 Å². The largest absolute Gasteiger partial charge is 0.494 e. The van der Waals surface area contributed by atoms with E-state index in [-0.39, 0.29) is 6.61 Å². The Morgan fingerprint density at radius 1 is 0.972 bits per heavy atom. The van der Waals surface area contributed by atoms with Gasteiger partial charge >= 0.3 is 11.8 Å². The predicted octanol–water partition coefficient (Wildman–Crippen LogP) is 5.46. The summed E-state index contributed by atoms with van der Waals surface area (Å²) in [6.07, 6.45) is 2.25. The Morgan fingerprint density at radius 2 is 1.75 bits per heavy atom. The monoisotopic (exact) mass is 529 g/mol. The standard InChI is InChI=1S/C26H25Cl2N3O5/c1-3-13-35-20-10-8-19(9-11-20)30-25(32)26(33)31-29-15-18-5-4-6-23(34-2)24(18)36-16-17-7-12-21(27)22(28)14-17/h4-12,14-15H,3,13,16H2,1-2H3,(H,30,32)(H,31,33)/b29-15-. The van der Waals surface area contributed by atoms with Crippen LogP contribution >= 0.6 is 23.2 Å². The quantitative estimate of drug-likeness (QED) is 0.206. The summed E-state index contributed by atoms with van der Waals surface area (Å²) < 4.78 is 16.8. The van der Waals surface area contributed by atoms with Crippen LogP contribution in [0.25, 0.3) is 0 Å². The van der Waals surface area contributed by atoms with E-state index >= 15 is 0 Å². The third-order valence-electron chi connectivity index (χ3n) is 4.76. The molecule has 0 saturated heterocycles. The van der Waals surface area contributed by atoms with Gasteiger partial charge in [-0.15, -0.1) is 0 Å². The Morgan fingerprint density at radius 3 is 2.44 bits per heavy atom. The highest BCUT2D eigenvalue weighted by atomic mass is 35.5. The summed E-state index contributed by atoms with van der Waals surface area (Å²) in [5.41, 5.74) is 3.99. The van der Waals surface area contributed by atoms with Crippen LogP contribution in [0, 0.1) is 0 Å². The fraction of sp³-hybridized carbons (Fsp3) is 0.192. The van der Waals surface area contributed by atoms with E-state index in [1.165, 1.54) is 13.3 Å². The van der Waals surface area contributed by atoms with Crippen LogP contribution in [0.15, 0.2) is 65.8 Å². The lowest BCUT2D eigenvalue weighted by Crippen LogP contribution is -2.32. The highest BCUT2D eigenvalue weighted by molar-refractivity contribution is 6.42. The van der Waals surface area contributed by atoms with E-state index in [4.69, 9.17) is 37.4 Å². The molecule has 0 heterocycles. The Hall–Kier alpha value is -3.75. The minimum atomic E-state index is -0.932. The number of hydrazone groups is 1. The Kier molecular flexibility index (Phi) is 9.97. The normalized spacial score (nSPS) is 10.7. The van der Waals surface area contributed by atoms with Crippen molar-refractivity contribution in [3.63, 3.8) is 0 Å². The number of nitrogens with one attached hydrogen (secondary N) is 2. The lowest BCUT2D eigenvalue weighted by atomic mass is 10.2. The molecular formula is C26H25Cl2N3O5. The molecule has 10 heteroatoms. The maximum Gasteiger partial charge on any atom is 0.329 e. The van der Waals surface area contributed by atoms with E-state index < -0.39 is 11.8 Å². The fourth-order valence-electron chi connectivity index (χ4n) is 2.99. The average Bonchev–Trinajstić information content (AvgIpc) is 2.89. The summed E-state index contributed by atoms with van der Waals surface area (Å²) in [5, 5.41) is 7.26. The third-order valence-corrected chi connectivity index (χ3v) is 5.50. The number of ether oxygens (including phenoxy) is 3. The summed E-state index contributed by atoms with van der Waals surface area (Å²) >= 11 is 12.0. The molecule has 2 amide bonds.